The molecule has 1 saturated heterocycles. The van der Waals surface area contributed by atoms with Crippen molar-refractivity contribution in [2.75, 3.05) is 22.9 Å². The van der Waals surface area contributed by atoms with Crippen LogP contribution in [0.25, 0.3) is 6.08 Å². The van der Waals surface area contributed by atoms with Crippen molar-refractivity contribution in [1.29, 1.82) is 0 Å². The highest BCUT2D eigenvalue weighted by molar-refractivity contribution is 6.39. The third-order valence-corrected chi connectivity index (χ3v) is 4.34. The molecule has 0 bridgehead atoms. The predicted octanol–water partition coefficient (Wildman–Crippen LogP) is 3.10. The summed E-state index contributed by atoms with van der Waals surface area (Å²) >= 11 is 0. The summed E-state index contributed by atoms with van der Waals surface area (Å²) in [5.74, 6) is -0.402. The molecule has 7 nitrogen and oxygen atoms in total. The van der Waals surface area contributed by atoms with Gasteiger partial charge in [0.2, 0.25) is 0 Å². The van der Waals surface area contributed by atoms with Gasteiger partial charge in [-0.2, -0.15) is 0 Å². The maximum absolute atomic E-state index is 12.8. The fourth-order valence-electron chi connectivity index (χ4n) is 2.93. The molecule has 140 valence electrons. The van der Waals surface area contributed by atoms with E-state index in [0.717, 1.165) is 23.6 Å². The van der Waals surface area contributed by atoms with Gasteiger partial charge in [-0.15, -0.1) is 0 Å². The number of benzene rings is 1. The van der Waals surface area contributed by atoms with E-state index in [0.29, 0.717) is 17.3 Å². The van der Waals surface area contributed by atoms with Gasteiger partial charge in [0.1, 0.15) is 11.3 Å². The van der Waals surface area contributed by atoms with Crippen LogP contribution in [0.4, 0.5) is 16.4 Å². The molecule has 1 N–H and O–H groups in total. The number of nitrogens with one attached hydrogen (secondary N) is 1. The van der Waals surface area contributed by atoms with Crippen LogP contribution in [0.1, 0.15) is 25.2 Å². The lowest BCUT2D eigenvalue weighted by Crippen LogP contribution is -2.54. The van der Waals surface area contributed by atoms with Crippen LogP contribution >= 0.6 is 0 Å². The van der Waals surface area contributed by atoms with Crippen LogP contribution in [0.5, 0.6) is 0 Å². The van der Waals surface area contributed by atoms with Crippen LogP contribution in [0.15, 0.2) is 46.4 Å². The van der Waals surface area contributed by atoms with Gasteiger partial charge in [0, 0.05) is 19.2 Å². The number of carbonyl (C=O) groups excluding carboxylic acids is 3. The van der Waals surface area contributed by atoms with Crippen LogP contribution in [-0.2, 0) is 9.59 Å². The quantitative estimate of drug-likeness (QED) is 0.649. The van der Waals surface area contributed by atoms with Gasteiger partial charge < -0.3 is 9.32 Å². The number of anilines is 2. The zero-order chi connectivity index (χ0) is 19.6. The number of aryl methyl sites for hydroxylation is 1. The Morgan fingerprint density at radius 3 is 2.52 bits per heavy atom. The fraction of sp³-hybridized carbons (Fsp3) is 0.250. The molecule has 2 aromatic rings. The number of nitrogens with zero attached hydrogens (tertiary/aromatic N) is 2. The molecule has 1 aromatic heterocycles. The zero-order valence-electron chi connectivity index (χ0n) is 15.5. The number of hydrogen-bond acceptors (Lipinski definition) is 5. The Bertz CT molecular complexity index is 925. The second-order valence-corrected chi connectivity index (χ2v) is 6.15. The molecule has 1 aliphatic rings. The van der Waals surface area contributed by atoms with Gasteiger partial charge in [-0.25, -0.2) is 9.69 Å². The van der Waals surface area contributed by atoms with Crippen LogP contribution < -0.4 is 15.1 Å². The Labute approximate surface area is 157 Å². The maximum atomic E-state index is 12.8. The molecule has 27 heavy (non-hydrogen) atoms. The van der Waals surface area contributed by atoms with Crippen molar-refractivity contribution < 1.29 is 18.8 Å². The van der Waals surface area contributed by atoms with Crippen molar-refractivity contribution in [3.63, 3.8) is 0 Å². The summed E-state index contributed by atoms with van der Waals surface area (Å²) in [5.41, 5.74) is 1.14. The summed E-state index contributed by atoms with van der Waals surface area (Å²) in [5, 5.41) is 2.21. The molecule has 0 radical (unpaired) electrons. The van der Waals surface area contributed by atoms with Gasteiger partial charge in [0.25, 0.3) is 11.8 Å². The standard InChI is InChI=1S/C20H21N3O4/c1-4-22(5-2)17-10-9-15(27-17)12-16-18(24)21-20(26)23(19(16)25)14-8-6-7-13(3)11-14/h6-12H,4-5H2,1-3H3,(H,21,24,26). The van der Waals surface area contributed by atoms with Gasteiger partial charge in [-0.3, -0.25) is 14.9 Å². The predicted molar refractivity (Wildman–Crippen MR) is 102 cm³/mol. The first-order chi connectivity index (χ1) is 12.9. The third-order valence-electron chi connectivity index (χ3n) is 4.34. The first-order valence-corrected chi connectivity index (χ1v) is 8.77. The minimum Gasteiger partial charge on any atom is -0.441 e. The average molecular weight is 367 g/mol. The van der Waals surface area contributed by atoms with Crippen molar-refractivity contribution in [3.05, 3.63) is 53.3 Å². The molecule has 1 fully saturated rings. The van der Waals surface area contributed by atoms with Gasteiger partial charge >= 0.3 is 6.03 Å². The van der Waals surface area contributed by atoms with Gasteiger partial charge in [0.15, 0.2) is 5.88 Å². The first kappa shape index (κ1) is 18.4. The zero-order valence-corrected chi connectivity index (χ0v) is 15.5. The number of carbonyl (C=O) groups is 3. The van der Waals surface area contributed by atoms with Crippen LogP contribution in [0.3, 0.4) is 0 Å². The lowest BCUT2D eigenvalue weighted by Gasteiger charge is -2.26. The number of urea groups is 1. The summed E-state index contributed by atoms with van der Waals surface area (Å²) in [6.07, 6.45) is 1.36. The molecule has 1 aliphatic heterocycles. The third kappa shape index (κ3) is 3.62. The largest absolute Gasteiger partial charge is 0.441 e. The van der Waals surface area contributed by atoms with Crippen molar-refractivity contribution in [3.8, 4) is 0 Å². The summed E-state index contributed by atoms with van der Waals surface area (Å²) in [4.78, 5) is 40.2. The molecule has 1 aromatic carbocycles. The van der Waals surface area contributed by atoms with Crippen molar-refractivity contribution in [1.82, 2.24) is 5.32 Å². The molecular weight excluding hydrogens is 346 g/mol. The lowest BCUT2D eigenvalue weighted by atomic mass is 10.1. The number of rotatable bonds is 5. The lowest BCUT2D eigenvalue weighted by molar-refractivity contribution is -0.122. The SMILES string of the molecule is CCN(CC)c1ccc(C=C2C(=O)NC(=O)N(c3cccc(C)c3)C2=O)o1. The van der Waals surface area contributed by atoms with E-state index in [9.17, 15) is 14.4 Å². The minimum atomic E-state index is -0.768. The van der Waals surface area contributed by atoms with Crippen molar-refractivity contribution >= 4 is 35.5 Å². The van der Waals surface area contributed by atoms with E-state index in [1.807, 2.05) is 31.7 Å². The summed E-state index contributed by atoms with van der Waals surface area (Å²) in [7, 11) is 0. The second kappa shape index (κ2) is 7.49. The summed E-state index contributed by atoms with van der Waals surface area (Å²) in [6.45, 7) is 7.42. The van der Waals surface area contributed by atoms with Crippen LogP contribution in [0, 0.1) is 6.92 Å². The molecule has 0 saturated carbocycles. The molecule has 7 heteroatoms. The highest BCUT2D eigenvalue weighted by atomic mass is 16.4. The summed E-state index contributed by atoms with van der Waals surface area (Å²) < 4.78 is 5.73. The highest BCUT2D eigenvalue weighted by Gasteiger charge is 2.37. The maximum Gasteiger partial charge on any atom is 0.335 e. The van der Waals surface area contributed by atoms with E-state index in [-0.39, 0.29) is 5.57 Å². The molecule has 0 spiro atoms. The van der Waals surface area contributed by atoms with Gasteiger partial charge in [-0.1, -0.05) is 12.1 Å². The Hall–Kier alpha value is -3.35. The van der Waals surface area contributed by atoms with E-state index in [2.05, 4.69) is 5.32 Å². The molecule has 4 amide bonds. The Kier molecular flexibility index (Phi) is 5.12. The molecule has 2 heterocycles. The van der Waals surface area contributed by atoms with E-state index < -0.39 is 17.8 Å². The number of amides is 4. The molecule has 0 unspecified atom stereocenters. The topological polar surface area (TPSA) is 82.9 Å². The van der Waals surface area contributed by atoms with Gasteiger partial charge in [-0.05, 0) is 50.6 Å². The van der Waals surface area contributed by atoms with Crippen LogP contribution in [-0.4, -0.2) is 30.9 Å². The Balaban J connectivity index is 1.95. The Morgan fingerprint density at radius 1 is 1.11 bits per heavy atom. The number of barbiturate groups is 1. The van der Waals surface area contributed by atoms with Crippen LogP contribution in [0.2, 0.25) is 0 Å². The van der Waals surface area contributed by atoms with Crippen molar-refractivity contribution in [2.24, 2.45) is 0 Å². The highest BCUT2D eigenvalue weighted by Crippen LogP contribution is 2.25. The smallest absolute Gasteiger partial charge is 0.335 e. The summed E-state index contributed by atoms with van der Waals surface area (Å²) in [6, 6.07) is 9.65. The number of imide groups is 2. The first-order valence-electron chi connectivity index (χ1n) is 8.77. The van der Waals surface area contributed by atoms with E-state index >= 15 is 0 Å². The molecular formula is C20H21N3O4. The van der Waals surface area contributed by atoms with E-state index in [4.69, 9.17) is 4.42 Å². The molecule has 0 atom stereocenters. The second-order valence-electron chi connectivity index (χ2n) is 6.15. The normalized spacial score (nSPS) is 16.0. The average Bonchev–Trinajstić information content (AvgIpc) is 3.08. The molecule has 3 rings (SSSR count). The Morgan fingerprint density at radius 2 is 1.85 bits per heavy atom. The molecule has 0 aliphatic carbocycles. The fourth-order valence-corrected chi connectivity index (χ4v) is 2.93. The number of hydrogen-bond donors (Lipinski definition) is 1. The minimum absolute atomic E-state index is 0.156. The van der Waals surface area contributed by atoms with Crippen molar-refractivity contribution in [2.45, 2.75) is 20.8 Å². The van der Waals surface area contributed by atoms with E-state index in [1.54, 1.807) is 30.3 Å². The number of furan rings is 1. The van der Waals surface area contributed by atoms with E-state index in [1.165, 1.54) is 6.08 Å². The van der Waals surface area contributed by atoms with Gasteiger partial charge in [0.05, 0.1) is 5.69 Å². The monoisotopic (exact) mass is 367 g/mol.